The third-order valence-electron chi connectivity index (χ3n) is 11.2. The maximum absolute atomic E-state index is 13.6. The molecule has 0 bridgehead atoms. The lowest BCUT2D eigenvalue weighted by atomic mass is 9.86. The number of aldehydes is 1. The standard InChI is InChI=1S/C45H68BFN9O12S/c1-4-19-54(24-22-53(26-27-57)23-25-55(20-5-2)32-42(60)61)31-41(59)49-17-7-6-12-38(52-40(58)15-14-34-10-8-11-37(28-34)68-69(47,66)67)44(63)50-30-36-29-35(16-18-48-36)43(62)51-33(3)45(64)56-21-9-13-39(56)46-65/h8,10-11,16,18,27-29,33,38-39,65H,4-7,9,12-15,17,19-26,30-32H2,1-3H3,(H,49,59)(H,50,63)(H,51,62)(H,52,58)(H,60,61). The van der Waals surface area contributed by atoms with Crippen molar-refractivity contribution >= 4 is 59.8 Å². The highest BCUT2D eigenvalue weighted by molar-refractivity contribution is 7.81. The van der Waals surface area contributed by atoms with Gasteiger partial charge in [-0.2, -0.15) is 8.42 Å². The summed E-state index contributed by atoms with van der Waals surface area (Å²) in [5, 5.41) is 29.8. The number of likely N-dealkylation sites (tertiary alicyclic amines) is 1. The predicted octanol–water partition coefficient (Wildman–Crippen LogP) is 0.383. The van der Waals surface area contributed by atoms with Crippen molar-refractivity contribution in [2.75, 3.05) is 72.0 Å². The average molecular weight is 989 g/mol. The Bertz CT molecular complexity index is 2110. The number of nitrogens with zero attached hydrogens (tertiary/aromatic N) is 5. The maximum Gasteiger partial charge on any atom is 0.488 e. The molecular weight excluding hydrogens is 920 g/mol. The summed E-state index contributed by atoms with van der Waals surface area (Å²) in [6.07, 6.45) is 6.14. The van der Waals surface area contributed by atoms with Crippen LogP contribution in [-0.2, 0) is 52.2 Å². The Kier molecular flexibility index (Phi) is 25.8. The average Bonchev–Trinajstić information content (AvgIpc) is 3.79. The summed E-state index contributed by atoms with van der Waals surface area (Å²) in [6.45, 7) is 9.58. The molecule has 1 aromatic heterocycles. The van der Waals surface area contributed by atoms with Crippen LogP contribution in [0.5, 0.6) is 5.75 Å². The van der Waals surface area contributed by atoms with Gasteiger partial charge in [-0.15, -0.1) is 0 Å². The van der Waals surface area contributed by atoms with Gasteiger partial charge in [-0.3, -0.25) is 48.5 Å². The molecule has 69 heavy (non-hydrogen) atoms. The minimum absolute atomic E-state index is 0.0867. The number of hydrogen-bond acceptors (Lipinski definition) is 15. The molecule has 1 aliphatic rings. The first kappa shape index (κ1) is 57.8. The SMILES string of the molecule is CCCN(CCN(CC=O)CCN(CCC)CC(=O)NCCCCC(NC(=O)CCc1cccc(OS(=O)(=O)F)c1)C(=O)NCc1cc(C(=O)NC(C)C(=O)N2CCCC2[B]O)ccn1)CC(=O)O. The summed E-state index contributed by atoms with van der Waals surface area (Å²) in [5.41, 5.74) is 0.980. The lowest BCUT2D eigenvalue weighted by Gasteiger charge is -2.28. The molecule has 0 saturated carbocycles. The van der Waals surface area contributed by atoms with Crippen molar-refractivity contribution in [1.82, 2.24) is 45.9 Å². The number of nitrogens with one attached hydrogen (secondary N) is 4. The Labute approximate surface area is 404 Å². The number of hydrogen-bond donors (Lipinski definition) is 6. The van der Waals surface area contributed by atoms with Gasteiger partial charge < -0.3 is 45.3 Å². The number of amides is 5. The van der Waals surface area contributed by atoms with Gasteiger partial charge in [0, 0.05) is 63.4 Å². The van der Waals surface area contributed by atoms with Gasteiger partial charge in [0.1, 0.15) is 24.1 Å². The second-order valence-corrected chi connectivity index (χ2v) is 17.8. The third kappa shape index (κ3) is 22.6. The van der Waals surface area contributed by atoms with E-state index in [-0.39, 0.29) is 75.1 Å². The lowest BCUT2D eigenvalue weighted by Crippen LogP contribution is -2.50. The molecular formula is C45H68BFN9O12S. The number of benzene rings is 1. The molecule has 1 aromatic carbocycles. The van der Waals surface area contributed by atoms with Crippen LogP contribution in [0.25, 0.3) is 0 Å². The fourth-order valence-electron chi connectivity index (χ4n) is 7.78. The Balaban J connectivity index is 1.59. The summed E-state index contributed by atoms with van der Waals surface area (Å²) in [7, 11) is -4.28. The summed E-state index contributed by atoms with van der Waals surface area (Å²) < 4.78 is 39.3. The molecule has 0 aliphatic carbocycles. The number of aromatic nitrogens is 1. The third-order valence-corrected chi connectivity index (χ3v) is 11.6. The first-order valence-corrected chi connectivity index (χ1v) is 24.7. The van der Waals surface area contributed by atoms with Crippen LogP contribution in [-0.4, -0.2) is 182 Å². The molecule has 3 unspecified atom stereocenters. The van der Waals surface area contributed by atoms with E-state index in [4.69, 9.17) is 0 Å². The van der Waals surface area contributed by atoms with E-state index < -0.39 is 52.2 Å². The number of carboxylic acids is 1. The van der Waals surface area contributed by atoms with Crippen LogP contribution in [0.4, 0.5) is 3.89 Å². The fraction of sp³-hybridized carbons (Fsp3) is 0.600. The molecule has 1 radical (unpaired) electrons. The van der Waals surface area contributed by atoms with Crippen molar-refractivity contribution in [3.8, 4) is 5.75 Å². The fourth-order valence-corrected chi connectivity index (χ4v) is 8.11. The summed E-state index contributed by atoms with van der Waals surface area (Å²) >= 11 is 0. The van der Waals surface area contributed by atoms with Gasteiger partial charge >= 0.3 is 24.0 Å². The van der Waals surface area contributed by atoms with Crippen molar-refractivity contribution in [1.29, 1.82) is 0 Å². The largest absolute Gasteiger partial charge is 0.488 e. The molecule has 0 spiro atoms. The van der Waals surface area contributed by atoms with Crippen molar-refractivity contribution in [3.05, 3.63) is 59.4 Å². The van der Waals surface area contributed by atoms with Gasteiger partial charge in [-0.1, -0.05) is 29.9 Å². The van der Waals surface area contributed by atoms with Gasteiger partial charge in [0.2, 0.25) is 23.6 Å². The van der Waals surface area contributed by atoms with E-state index in [1.165, 1.54) is 41.4 Å². The van der Waals surface area contributed by atoms with E-state index in [0.717, 1.165) is 33.0 Å². The molecule has 3 rings (SSSR count). The van der Waals surface area contributed by atoms with Gasteiger partial charge in [-0.05, 0) is 101 Å². The highest BCUT2D eigenvalue weighted by atomic mass is 32.3. The first-order valence-electron chi connectivity index (χ1n) is 23.4. The summed E-state index contributed by atoms with van der Waals surface area (Å²) in [4.78, 5) is 100. The van der Waals surface area contributed by atoms with Crippen LogP contribution < -0.4 is 25.5 Å². The zero-order valence-corrected chi connectivity index (χ0v) is 40.6. The minimum atomic E-state index is -5.26. The zero-order chi connectivity index (χ0) is 50.8. The molecule has 2 aromatic rings. The van der Waals surface area contributed by atoms with Crippen LogP contribution >= 0.6 is 0 Å². The Morgan fingerprint density at radius 3 is 2.29 bits per heavy atom. The number of aryl methyl sites for hydroxylation is 1. The van der Waals surface area contributed by atoms with Crippen molar-refractivity contribution in [3.63, 3.8) is 0 Å². The Morgan fingerprint density at radius 1 is 0.942 bits per heavy atom. The van der Waals surface area contributed by atoms with E-state index in [0.29, 0.717) is 76.3 Å². The molecule has 1 saturated heterocycles. The zero-order valence-electron chi connectivity index (χ0n) is 39.8. The monoisotopic (exact) mass is 988 g/mol. The molecule has 1 aliphatic heterocycles. The van der Waals surface area contributed by atoms with Crippen LogP contribution in [0.2, 0.25) is 0 Å². The van der Waals surface area contributed by atoms with Crippen molar-refractivity contribution < 1.29 is 60.2 Å². The van der Waals surface area contributed by atoms with Gasteiger partial charge in [0.25, 0.3) is 5.91 Å². The summed E-state index contributed by atoms with van der Waals surface area (Å²) in [5.74, 6) is -3.76. The molecule has 5 amide bonds. The van der Waals surface area contributed by atoms with E-state index in [2.05, 4.69) is 30.4 Å². The molecule has 2 heterocycles. The molecule has 6 N–H and O–H groups in total. The molecule has 3 atom stereocenters. The first-order chi connectivity index (χ1) is 32.9. The highest BCUT2D eigenvalue weighted by Gasteiger charge is 2.32. The number of rotatable bonds is 34. The smallest absolute Gasteiger partial charge is 0.480 e. The number of halogens is 1. The Morgan fingerprint density at radius 2 is 1.64 bits per heavy atom. The number of carbonyl (C=O) groups is 7. The lowest BCUT2D eigenvalue weighted by molar-refractivity contribution is -0.138. The van der Waals surface area contributed by atoms with E-state index in [1.54, 1.807) is 13.0 Å². The predicted molar refractivity (Wildman–Crippen MR) is 254 cm³/mol. The second-order valence-electron chi connectivity index (χ2n) is 16.8. The van der Waals surface area contributed by atoms with Gasteiger partial charge in [0.05, 0.1) is 31.9 Å². The number of aliphatic carboxylic acids is 1. The quantitative estimate of drug-likeness (QED) is 0.0239. The number of carbonyl (C=O) groups excluding carboxylic acids is 6. The van der Waals surface area contributed by atoms with Crippen LogP contribution in [0, 0.1) is 0 Å². The van der Waals surface area contributed by atoms with E-state index in [1.807, 2.05) is 28.5 Å². The van der Waals surface area contributed by atoms with E-state index in [9.17, 15) is 56.0 Å². The molecule has 1 fully saturated rings. The maximum atomic E-state index is 13.6. The molecule has 21 nitrogen and oxygen atoms in total. The van der Waals surface area contributed by atoms with Crippen LogP contribution in [0.15, 0.2) is 42.6 Å². The van der Waals surface area contributed by atoms with Crippen LogP contribution in [0.3, 0.4) is 0 Å². The van der Waals surface area contributed by atoms with Crippen molar-refractivity contribution in [2.24, 2.45) is 0 Å². The van der Waals surface area contributed by atoms with Crippen molar-refractivity contribution in [2.45, 2.75) is 103 Å². The topological polar surface area (TPSA) is 277 Å². The second kappa shape index (κ2) is 30.8. The van der Waals surface area contributed by atoms with E-state index >= 15 is 0 Å². The van der Waals surface area contributed by atoms with Gasteiger partial charge in [0.15, 0.2) is 0 Å². The highest BCUT2D eigenvalue weighted by Crippen LogP contribution is 2.18. The summed E-state index contributed by atoms with van der Waals surface area (Å²) in [6, 6.07) is 6.57. The molecule has 24 heteroatoms. The number of unbranched alkanes of at least 4 members (excludes halogenated alkanes) is 1. The van der Waals surface area contributed by atoms with Crippen LogP contribution in [0.1, 0.15) is 93.8 Å². The normalized spacial score (nSPS) is 14.6. The molecule has 381 valence electrons. The number of pyridine rings is 1. The number of carboxylic acid groups (broad SMARTS) is 1. The minimum Gasteiger partial charge on any atom is -0.480 e. The van der Waals surface area contributed by atoms with Gasteiger partial charge in [-0.25, -0.2) is 0 Å². The Hall–Kier alpha value is -5.56.